The van der Waals surface area contributed by atoms with Gasteiger partial charge in [0.15, 0.2) is 0 Å². The highest BCUT2D eigenvalue weighted by atomic mass is 35.5. The predicted octanol–water partition coefficient (Wildman–Crippen LogP) is 4.92. The average Bonchev–Trinajstić information content (AvgIpc) is 2.81. The maximum atomic E-state index is 14.3. The van der Waals surface area contributed by atoms with Crippen molar-refractivity contribution in [1.29, 1.82) is 5.26 Å². The Morgan fingerprint density at radius 1 is 1.19 bits per heavy atom. The largest absolute Gasteiger partial charge is 0.339 e. The Bertz CT molecular complexity index is 1140. The van der Waals surface area contributed by atoms with Crippen molar-refractivity contribution in [2.24, 2.45) is 5.41 Å². The second-order valence-corrected chi connectivity index (χ2v) is 8.17. The third kappa shape index (κ3) is 4.42. The Morgan fingerprint density at radius 3 is 2.65 bits per heavy atom. The fourth-order valence-electron chi connectivity index (χ4n) is 4.01. The van der Waals surface area contributed by atoms with Gasteiger partial charge in [0.05, 0.1) is 17.2 Å². The van der Waals surface area contributed by atoms with Crippen molar-refractivity contribution in [3.8, 4) is 17.3 Å². The Labute approximate surface area is 185 Å². The quantitative estimate of drug-likeness (QED) is 0.584. The van der Waals surface area contributed by atoms with Gasteiger partial charge in [0.2, 0.25) is 0 Å². The molecule has 1 aliphatic rings. The first-order valence-electron chi connectivity index (χ1n) is 10.0. The number of benzene rings is 2. The van der Waals surface area contributed by atoms with Gasteiger partial charge in [-0.2, -0.15) is 5.26 Å². The molecule has 1 amide bonds. The van der Waals surface area contributed by atoms with Gasteiger partial charge in [0.1, 0.15) is 12.1 Å². The highest BCUT2D eigenvalue weighted by Gasteiger charge is 2.37. The van der Waals surface area contributed by atoms with Crippen molar-refractivity contribution in [2.75, 3.05) is 13.1 Å². The van der Waals surface area contributed by atoms with Crippen LogP contribution in [0.2, 0.25) is 5.02 Å². The van der Waals surface area contributed by atoms with Crippen LogP contribution < -0.4 is 0 Å². The van der Waals surface area contributed by atoms with Crippen LogP contribution in [0.1, 0.15) is 28.8 Å². The van der Waals surface area contributed by atoms with Gasteiger partial charge >= 0.3 is 0 Å². The predicted molar refractivity (Wildman–Crippen MR) is 116 cm³/mol. The SMILES string of the molecule is N#CC1(Cc2ccc(Cl)cc2F)CCN(C(=O)c2ccccc2-c2ccncn2)CC1. The molecule has 1 saturated heterocycles. The van der Waals surface area contributed by atoms with Gasteiger partial charge in [-0.05, 0) is 49.1 Å². The van der Waals surface area contributed by atoms with E-state index < -0.39 is 11.2 Å². The summed E-state index contributed by atoms with van der Waals surface area (Å²) >= 11 is 5.84. The first-order valence-corrected chi connectivity index (χ1v) is 10.4. The number of amides is 1. The minimum atomic E-state index is -0.711. The Balaban J connectivity index is 1.51. The Hall–Kier alpha value is -3.30. The summed E-state index contributed by atoms with van der Waals surface area (Å²) in [5.41, 5.74) is 1.75. The Kier molecular flexibility index (Phi) is 5.97. The number of likely N-dealkylation sites (tertiary alicyclic amines) is 1. The normalized spacial score (nSPS) is 15.3. The molecule has 2 heterocycles. The fraction of sp³-hybridized carbons (Fsp3) is 0.250. The zero-order valence-electron chi connectivity index (χ0n) is 16.8. The molecular formula is C24H20ClFN4O. The lowest BCUT2D eigenvalue weighted by molar-refractivity contribution is 0.0647. The highest BCUT2D eigenvalue weighted by Crippen LogP contribution is 2.36. The lowest BCUT2D eigenvalue weighted by Gasteiger charge is -2.37. The van der Waals surface area contributed by atoms with E-state index in [0.29, 0.717) is 54.2 Å². The molecule has 0 aliphatic carbocycles. The standard InChI is InChI=1S/C24H20ClFN4O/c25-18-6-5-17(21(26)13-18)14-24(15-27)8-11-30(12-9-24)23(31)20-4-2-1-3-19(20)22-7-10-28-16-29-22/h1-7,10,13,16H,8-9,11-12,14H2. The van der Waals surface area contributed by atoms with Crippen LogP contribution in [0.4, 0.5) is 4.39 Å². The molecule has 0 N–H and O–H groups in total. The summed E-state index contributed by atoms with van der Waals surface area (Å²) in [5.74, 6) is -0.502. The van der Waals surface area contributed by atoms with E-state index in [-0.39, 0.29) is 5.91 Å². The molecule has 4 rings (SSSR count). The molecule has 1 fully saturated rings. The van der Waals surface area contributed by atoms with E-state index in [2.05, 4.69) is 16.0 Å². The smallest absolute Gasteiger partial charge is 0.254 e. The number of nitriles is 1. The van der Waals surface area contributed by atoms with Crippen LogP contribution in [0, 0.1) is 22.6 Å². The lowest BCUT2D eigenvalue weighted by atomic mass is 9.75. The second-order valence-electron chi connectivity index (χ2n) is 7.74. The number of hydrogen-bond donors (Lipinski definition) is 0. The van der Waals surface area contributed by atoms with Crippen LogP contribution in [0.15, 0.2) is 61.1 Å². The number of hydrogen-bond acceptors (Lipinski definition) is 4. The van der Waals surface area contributed by atoms with Gasteiger partial charge in [-0.15, -0.1) is 0 Å². The van der Waals surface area contributed by atoms with E-state index in [0.717, 1.165) is 5.56 Å². The number of nitrogens with zero attached hydrogens (tertiary/aromatic N) is 4. The third-order valence-corrected chi connectivity index (χ3v) is 6.04. The second kappa shape index (κ2) is 8.83. The molecule has 0 radical (unpaired) electrons. The summed E-state index contributed by atoms with van der Waals surface area (Å²) in [6.45, 7) is 0.861. The van der Waals surface area contributed by atoms with Crippen molar-refractivity contribution in [3.05, 3.63) is 83.0 Å². The molecule has 0 spiro atoms. The van der Waals surface area contributed by atoms with Crippen molar-refractivity contribution in [3.63, 3.8) is 0 Å². The van der Waals surface area contributed by atoms with E-state index >= 15 is 0 Å². The van der Waals surface area contributed by atoms with Crippen molar-refractivity contribution >= 4 is 17.5 Å². The van der Waals surface area contributed by atoms with E-state index in [1.54, 1.807) is 35.4 Å². The molecule has 156 valence electrons. The van der Waals surface area contributed by atoms with Crippen LogP contribution in [-0.4, -0.2) is 33.9 Å². The summed E-state index contributed by atoms with van der Waals surface area (Å²) in [4.78, 5) is 23.2. The Morgan fingerprint density at radius 2 is 1.97 bits per heavy atom. The molecular weight excluding hydrogens is 415 g/mol. The van der Waals surface area contributed by atoms with Gasteiger partial charge in [0.25, 0.3) is 5.91 Å². The van der Waals surface area contributed by atoms with Crippen molar-refractivity contribution in [1.82, 2.24) is 14.9 Å². The van der Waals surface area contributed by atoms with Gasteiger partial charge in [0, 0.05) is 35.4 Å². The number of rotatable bonds is 4. The van der Waals surface area contributed by atoms with Gasteiger partial charge < -0.3 is 4.90 Å². The number of aromatic nitrogens is 2. The molecule has 1 aromatic heterocycles. The van der Waals surface area contributed by atoms with Crippen LogP contribution in [0.3, 0.4) is 0 Å². The lowest BCUT2D eigenvalue weighted by Crippen LogP contribution is -2.43. The molecule has 31 heavy (non-hydrogen) atoms. The average molecular weight is 435 g/mol. The fourth-order valence-corrected chi connectivity index (χ4v) is 4.17. The van der Waals surface area contributed by atoms with Crippen molar-refractivity contribution < 1.29 is 9.18 Å². The first kappa shape index (κ1) is 21.0. The molecule has 5 nitrogen and oxygen atoms in total. The summed E-state index contributed by atoms with van der Waals surface area (Å²) in [5, 5.41) is 10.2. The minimum Gasteiger partial charge on any atom is -0.339 e. The van der Waals surface area contributed by atoms with Gasteiger partial charge in [-0.3, -0.25) is 4.79 Å². The summed E-state index contributed by atoms with van der Waals surface area (Å²) in [7, 11) is 0. The van der Waals surface area contributed by atoms with Crippen LogP contribution in [0.25, 0.3) is 11.3 Å². The van der Waals surface area contributed by atoms with Crippen molar-refractivity contribution in [2.45, 2.75) is 19.3 Å². The monoisotopic (exact) mass is 434 g/mol. The van der Waals surface area contributed by atoms with Crippen LogP contribution >= 0.6 is 11.6 Å². The number of piperidine rings is 1. The van der Waals surface area contributed by atoms with E-state index in [1.807, 2.05) is 18.2 Å². The maximum Gasteiger partial charge on any atom is 0.254 e. The number of halogens is 2. The molecule has 7 heteroatoms. The molecule has 0 unspecified atom stereocenters. The number of carbonyl (C=O) groups excluding carboxylic acids is 1. The zero-order valence-corrected chi connectivity index (χ0v) is 17.5. The summed E-state index contributed by atoms with van der Waals surface area (Å²) < 4.78 is 14.3. The van der Waals surface area contributed by atoms with E-state index in [4.69, 9.17) is 11.6 Å². The van der Waals surface area contributed by atoms with Gasteiger partial charge in [-0.1, -0.05) is 35.9 Å². The topological polar surface area (TPSA) is 69.9 Å². The first-order chi connectivity index (χ1) is 15.0. The molecule has 0 bridgehead atoms. The molecule has 2 aromatic carbocycles. The molecule has 0 atom stereocenters. The maximum absolute atomic E-state index is 14.3. The number of carbonyl (C=O) groups is 1. The summed E-state index contributed by atoms with van der Waals surface area (Å²) in [6, 6.07) is 16.0. The van der Waals surface area contributed by atoms with E-state index in [1.165, 1.54) is 12.4 Å². The van der Waals surface area contributed by atoms with Crippen LogP contribution in [-0.2, 0) is 6.42 Å². The molecule has 0 saturated carbocycles. The van der Waals surface area contributed by atoms with Gasteiger partial charge in [-0.25, -0.2) is 14.4 Å². The molecule has 3 aromatic rings. The molecule has 1 aliphatic heterocycles. The third-order valence-electron chi connectivity index (χ3n) is 5.80. The highest BCUT2D eigenvalue weighted by molar-refractivity contribution is 6.30. The van der Waals surface area contributed by atoms with Crippen LogP contribution in [0.5, 0.6) is 0 Å². The summed E-state index contributed by atoms with van der Waals surface area (Å²) in [6.07, 6.45) is 4.35. The van der Waals surface area contributed by atoms with E-state index in [9.17, 15) is 14.4 Å². The minimum absolute atomic E-state index is 0.0987. The zero-order chi connectivity index (χ0) is 21.8.